The van der Waals surface area contributed by atoms with Crippen LogP contribution >= 0.6 is 0 Å². The average Bonchev–Trinajstić information content (AvgIpc) is 3.04. The Labute approximate surface area is 278 Å². The zero-order valence-corrected chi connectivity index (χ0v) is 26.9. The summed E-state index contributed by atoms with van der Waals surface area (Å²) in [5.74, 6) is -5.66. The number of alkyl halides is 6. The maximum atomic E-state index is 13.3. The number of benzene rings is 3. The van der Waals surface area contributed by atoms with Gasteiger partial charge < -0.3 is 26.2 Å². The lowest BCUT2D eigenvalue weighted by atomic mass is 9.99. The number of amides is 2. The van der Waals surface area contributed by atoms with Gasteiger partial charge in [-0.25, -0.2) is 9.59 Å². The van der Waals surface area contributed by atoms with Gasteiger partial charge in [-0.05, 0) is 74.3 Å². The lowest BCUT2D eigenvalue weighted by Crippen LogP contribution is -2.49. The number of rotatable bonds is 8. The largest absolute Gasteiger partial charge is 0.490 e. The molecule has 4 rings (SSSR count). The molecule has 1 saturated heterocycles. The van der Waals surface area contributed by atoms with Crippen LogP contribution in [0.2, 0.25) is 0 Å². The molecule has 1 heterocycles. The molecule has 3 aromatic rings. The third-order valence-corrected chi connectivity index (χ3v) is 7.44. The van der Waals surface area contributed by atoms with Crippen molar-refractivity contribution in [3.8, 4) is 0 Å². The number of nitrogens with zero attached hydrogens (tertiary/aromatic N) is 1. The second kappa shape index (κ2) is 18.2. The van der Waals surface area contributed by atoms with Crippen LogP contribution in [0, 0.1) is 6.92 Å². The number of likely N-dealkylation sites (N-methyl/N-ethyl adjacent to an activating group) is 1. The SMILES string of the molecule is CNCCN1CCCC[C@@H]1C(=O)Nc1ccc(C)c(C(=O)N[C@H](C)c2cccc3ccccc23)c1.O=C(O)C(F)(F)F.O=C(O)C(F)(F)F. The highest BCUT2D eigenvalue weighted by molar-refractivity contribution is 6.00. The molecule has 5 N–H and O–H groups in total. The van der Waals surface area contributed by atoms with E-state index in [1.165, 1.54) is 0 Å². The van der Waals surface area contributed by atoms with Gasteiger partial charge in [0.05, 0.1) is 12.1 Å². The second-order valence-corrected chi connectivity index (χ2v) is 11.0. The number of carbonyl (C=O) groups is 4. The predicted molar refractivity (Wildman–Crippen MR) is 170 cm³/mol. The molecular formula is C33H38F6N4O6. The van der Waals surface area contributed by atoms with Crippen LogP contribution in [0.15, 0.2) is 60.7 Å². The maximum Gasteiger partial charge on any atom is 0.490 e. The number of carbonyl (C=O) groups excluding carboxylic acids is 2. The van der Waals surface area contributed by atoms with E-state index >= 15 is 0 Å². The lowest BCUT2D eigenvalue weighted by Gasteiger charge is -2.34. The van der Waals surface area contributed by atoms with Crippen LogP contribution in [-0.4, -0.2) is 83.9 Å². The molecule has 0 unspecified atom stereocenters. The number of nitrogens with one attached hydrogen (secondary N) is 3. The number of carboxylic acids is 2. The van der Waals surface area contributed by atoms with E-state index in [9.17, 15) is 35.9 Å². The number of halogens is 6. The molecule has 0 aromatic heterocycles. The summed E-state index contributed by atoms with van der Waals surface area (Å²) < 4.78 is 63.5. The number of aryl methyl sites for hydroxylation is 1. The summed E-state index contributed by atoms with van der Waals surface area (Å²) in [7, 11) is 1.93. The molecule has 1 aliphatic heterocycles. The fourth-order valence-corrected chi connectivity index (χ4v) is 4.96. The molecule has 0 saturated carbocycles. The number of likely N-dealkylation sites (tertiary alicyclic amines) is 1. The summed E-state index contributed by atoms with van der Waals surface area (Å²) in [6, 6.07) is 19.6. The molecule has 268 valence electrons. The van der Waals surface area contributed by atoms with Crippen LogP contribution in [0.3, 0.4) is 0 Å². The van der Waals surface area contributed by atoms with Gasteiger partial charge >= 0.3 is 24.3 Å². The molecular weight excluding hydrogens is 662 g/mol. The van der Waals surface area contributed by atoms with Crippen molar-refractivity contribution in [3.05, 3.63) is 77.4 Å². The Kier molecular flexibility index (Phi) is 15.0. The molecule has 10 nitrogen and oxygen atoms in total. The monoisotopic (exact) mass is 700 g/mol. The molecule has 0 spiro atoms. The Morgan fingerprint density at radius 2 is 1.49 bits per heavy atom. The molecule has 49 heavy (non-hydrogen) atoms. The summed E-state index contributed by atoms with van der Waals surface area (Å²) in [5, 5.41) is 25.9. The van der Waals surface area contributed by atoms with Crippen molar-refractivity contribution in [3.63, 3.8) is 0 Å². The molecule has 1 fully saturated rings. The van der Waals surface area contributed by atoms with E-state index < -0.39 is 24.3 Å². The summed E-state index contributed by atoms with van der Waals surface area (Å²) in [5.41, 5.74) is 3.18. The van der Waals surface area contributed by atoms with Gasteiger partial charge in [-0.2, -0.15) is 26.3 Å². The van der Waals surface area contributed by atoms with Crippen molar-refractivity contribution in [2.24, 2.45) is 0 Å². The van der Waals surface area contributed by atoms with E-state index in [0.717, 1.165) is 60.8 Å². The van der Waals surface area contributed by atoms with Gasteiger partial charge in [-0.1, -0.05) is 55.0 Å². The van der Waals surface area contributed by atoms with Crippen LogP contribution < -0.4 is 16.0 Å². The number of hydrogen-bond donors (Lipinski definition) is 5. The standard InChI is InChI=1S/C29H36N4O2.2C2HF3O2/c1-20-14-15-23(32-29(35)27-13-6-7-17-33(27)18-16-30-3)19-26(20)28(34)31-21(2)24-12-8-10-22-9-4-5-11-25(22)24;2*3-2(4,5)1(6)7/h4-5,8-12,14-15,19,21,27,30H,6-7,13,16-18H2,1-3H3,(H,31,34)(H,32,35);2*(H,6,7)/t21-,27-;;/m1../s1. The molecule has 16 heteroatoms. The number of piperidine rings is 1. The average molecular weight is 701 g/mol. The molecule has 2 atom stereocenters. The number of anilines is 1. The molecule has 1 aliphatic rings. The Hall–Kier alpha value is -4.70. The maximum absolute atomic E-state index is 13.3. The zero-order valence-electron chi connectivity index (χ0n) is 26.9. The van der Waals surface area contributed by atoms with Crippen LogP contribution in [0.5, 0.6) is 0 Å². The Bertz CT molecular complexity index is 1570. The first-order valence-corrected chi connectivity index (χ1v) is 15.1. The normalized spacial score (nSPS) is 15.5. The first kappa shape index (κ1) is 40.5. The van der Waals surface area contributed by atoms with E-state index in [1.807, 2.05) is 51.2 Å². The molecule has 0 aliphatic carbocycles. The van der Waals surface area contributed by atoms with Crippen molar-refractivity contribution in [1.29, 1.82) is 0 Å². The fraction of sp³-hybridized carbons (Fsp3) is 0.394. The fourth-order valence-electron chi connectivity index (χ4n) is 4.96. The lowest BCUT2D eigenvalue weighted by molar-refractivity contribution is -0.193. The summed E-state index contributed by atoms with van der Waals surface area (Å²) in [6.45, 7) is 6.57. The minimum Gasteiger partial charge on any atom is -0.475 e. The van der Waals surface area contributed by atoms with Crippen LogP contribution in [0.1, 0.15) is 53.7 Å². The van der Waals surface area contributed by atoms with E-state index in [-0.39, 0.29) is 23.9 Å². The number of fused-ring (bicyclic) bond motifs is 1. The van der Waals surface area contributed by atoms with Crippen molar-refractivity contribution in [2.45, 2.75) is 57.5 Å². The predicted octanol–water partition coefficient (Wildman–Crippen LogP) is 5.92. The number of aliphatic carboxylic acids is 2. The second-order valence-electron chi connectivity index (χ2n) is 11.0. The van der Waals surface area contributed by atoms with Crippen molar-refractivity contribution in [1.82, 2.24) is 15.5 Å². The van der Waals surface area contributed by atoms with E-state index in [4.69, 9.17) is 19.8 Å². The highest BCUT2D eigenvalue weighted by Gasteiger charge is 2.39. The van der Waals surface area contributed by atoms with Crippen LogP contribution in [-0.2, 0) is 14.4 Å². The third-order valence-electron chi connectivity index (χ3n) is 7.44. The van der Waals surface area contributed by atoms with Gasteiger partial charge in [0.15, 0.2) is 0 Å². The van der Waals surface area contributed by atoms with Gasteiger partial charge in [0.25, 0.3) is 5.91 Å². The van der Waals surface area contributed by atoms with Gasteiger partial charge in [-0.3, -0.25) is 14.5 Å². The van der Waals surface area contributed by atoms with Gasteiger partial charge in [0.2, 0.25) is 5.91 Å². The highest BCUT2D eigenvalue weighted by Crippen LogP contribution is 2.25. The van der Waals surface area contributed by atoms with Gasteiger partial charge in [0.1, 0.15) is 0 Å². The van der Waals surface area contributed by atoms with Crippen LogP contribution in [0.25, 0.3) is 10.8 Å². The minimum atomic E-state index is -5.08. The smallest absolute Gasteiger partial charge is 0.475 e. The first-order chi connectivity index (χ1) is 22.9. The zero-order chi connectivity index (χ0) is 36.9. The topological polar surface area (TPSA) is 148 Å². The Morgan fingerprint density at radius 1 is 0.898 bits per heavy atom. The number of hydrogen-bond acceptors (Lipinski definition) is 6. The van der Waals surface area contributed by atoms with E-state index in [0.29, 0.717) is 11.3 Å². The van der Waals surface area contributed by atoms with Crippen molar-refractivity contribution < 1.29 is 55.7 Å². The molecule has 3 aromatic carbocycles. The minimum absolute atomic E-state index is 0.000128. The molecule has 2 amide bonds. The third kappa shape index (κ3) is 12.7. The van der Waals surface area contributed by atoms with Gasteiger partial charge in [-0.15, -0.1) is 0 Å². The van der Waals surface area contributed by atoms with Crippen molar-refractivity contribution in [2.75, 3.05) is 32.0 Å². The first-order valence-electron chi connectivity index (χ1n) is 15.1. The van der Waals surface area contributed by atoms with E-state index in [1.54, 1.807) is 6.07 Å². The molecule has 0 bridgehead atoms. The van der Waals surface area contributed by atoms with E-state index in [2.05, 4.69) is 45.1 Å². The summed E-state index contributed by atoms with van der Waals surface area (Å²) in [6.07, 6.45) is -7.13. The Morgan fingerprint density at radius 3 is 2.08 bits per heavy atom. The quantitative estimate of drug-likeness (QED) is 0.182. The summed E-state index contributed by atoms with van der Waals surface area (Å²) in [4.78, 5) is 46.4. The molecule has 0 radical (unpaired) electrons. The summed E-state index contributed by atoms with van der Waals surface area (Å²) >= 11 is 0. The highest BCUT2D eigenvalue weighted by atomic mass is 19.4. The van der Waals surface area contributed by atoms with Crippen molar-refractivity contribution >= 4 is 40.2 Å². The van der Waals surface area contributed by atoms with Gasteiger partial charge in [0, 0.05) is 24.3 Å². The Balaban J connectivity index is 0.000000500. The van der Waals surface area contributed by atoms with Crippen LogP contribution in [0.4, 0.5) is 32.0 Å². The number of carboxylic acid groups (broad SMARTS) is 2.